The molecule has 0 aliphatic heterocycles. The molecule has 0 radical (unpaired) electrons. The fraction of sp³-hybridized carbons (Fsp3) is 0.545. The number of hydrogen-bond acceptors (Lipinski definition) is 6. The Morgan fingerprint density at radius 1 is 1.53 bits per heavy atom. The summed E-state index contributed by atoms with van der Waals surface area (Å²) in [7, 11) is 1.29. The van der Waals surface area contributed by atoms with E-state index in [4.69, 9.17) is 0 Å². The second kappa shape index (κ2) is 6.80. The number of carbonyl (C=O) groups excluding carboxylic acids is 1. The Kier molecular flexibility index (Phi) is 5.35. The van der Waals surface area contributed by atoms with Crippen LogP contribution in [0.2, 0.25) is 0 Å². The molecular formula is C11H17N3O3. The minimum absolute atomic E-state index is 0.159. The molecule has 0 saturated carbocycles. The lowest BCUT2D eigenvalue weighted by Gasteiger charge is -2.10. The molecule has 6 heteroatoms. The maximum atomic E-state index is 11.1. The van der Waals surface area contributed by atoms with E-state index in [-0.39, 0.29) is 5.69 Å². The molecule has 0 spiro atoms. The minimum Gasteiger partial charge on any atom is -0.464 e. The molecule has 0 fully saturated rings. The standard InChI is InChI=1S/C11H17N3O3/c1-3-4-8(15)7-12-10-6-5-9(13-14-10)11(16)17-2/h5-6,8,15H,3-4,7H2,1-2H3,(H,12,14). The number of carbonyl (C=O) groups is 1. The second-order valence-electron chi connectivity index (χ2n) is 3.62. The molecule has 17 heavy (non-hydrogen) atoms. The lowest BCUT2D eigenvalue weighted by molar-refractivity contribution is 0.0592. The van der Waals surface area contributed by atoms with Gasteiger partial charge in [0.2, 0.25) is 0 Å². The van der Waals surface area contributed by atoms with Crippen LogP contribution >= 0.6 is 0 Å². The van der Waals surface area contributed by atoms with Gasteiger partial charge in [0.15, 0.2) is 5.69 Å². The normalized spacial score (nSPS) is 11.9. The van der Waals surface area contributed by atoms with Crippen LogP contribution in [-0.4, -0.2) is 41.0 Å². The number of aromatic nitrogens is 2. The SMILES string of the molecule is CCCC(O)CNc1ccc(C(=O)OC)nn1. The van der Waals surface area contributed by atoms with Crippen molar-refractivity contribution in [1.82, 2.24) is 10.2 Å². The van der Waals surface area contributed by atoms with Gasteiger partial charge in [0, 0.05) is 6.54 Å². The summed E-state index contributed by atoms with van der Waals surface area (Å²) >= 11 is 0. The van der Waals surface area contributed by atoms with Gasteiger partial charge in [0.05, 0.1) is 13.2 Å². The van der Waals surface area contributed by atoms with Crippen molar-refractivity contribution in [3.63, 3.8) is 0 Å². The number of ether oxygens (including phenoxy) is 1. The fourth-order valence-electron chi connectivity index (χ4n) is 1.30. The molecule has 0 aromatic carbocycles. The molecule has 1 heterocycles. The van der Waals surface area contributed by atoms with Crippen molar-refractivity contribution in [2.75, 3.05) is 19.0 Å². The van der Waals surface area contributed by atoms with Crippen molar-refractivity contribution >= 4 is 11.8 Å². The Balaban J connectivity index is 2.48. The van der Waals surface area contributed by atoms with Gasteiger partial charge in [-0.2, -0.15) is 0 Å². The van der Waals surface area contributed by atoms with Crippen LogP contribution in [0.5, 0.6) is 0 Å². The maximum Gasteiger partial charge on any atom is 0.358 e. The van der Waals surface area contributed by atoms with E-state index in [1.165, 1.54) is 13.2 Å². The van der Waals surface area contributed by atoms with Crippen LogP contribution < -0.4 is 5.32 Å². The average Bonchev–Trinajstić information content (AvgIpc) is 2.36. The molecule has 0 bridgehead atoms. The van der Waals surface area contributed by atoms with Crippen molar-refractivity contribution in [2.45, 2.75) is 25.9 Å². The molecular weight excluding hydrogens is 222 g/mol. The Bertz CT molecular complexity index is 353. The highest BCUT2D eigenvalue weighted by Gasteiger charge is 2.08. The van der Waals surface area contributed by atoms with Crippen molar-refractivity contribution in [1.29, 1.82) is 0 Å². The first-order valence-corrected chi connectivity index (χ1v) is 5.51. The number of nitrogens with zero attached hydrogens (tertiary/aromatic N) is 2. The number of anilines is 1. The number of hydrogen-bond donors (Lipinski definition) is 2. The molecule has 0 saturated heterocycles. The van der Waals surface area contributed by atoms with Gasteiger partial charge in [-0.1, -0.05) is 13.3 Å². The molecule has 1 atom stereocenters. The third kappa shape index (κ3) is 4.36. The van der Waals surface area contributed by atoms with E-state index in [2.05, 4.69) is 20.3 Å². The van der Waals surface area contributed by atoms with E-state index in [9.17, 15) is 9.90 Å². The van der Waals surface area contributed by atoms with Crippen molar-refractivity contribution < 1.29 is 14.6 Å². The summed E-state index contributed by atoms with van der Waals surface area (Å²) in [5.41, 5.74) is 0.159. The van der Waals surface area contributed by atoms with E-state index in [0.29, 0.717) is 12.4 Å². The predicted molar refractivity (Wildman–Crippen MR) is 62.8 cm³/mol. The zero-order valence-electron chi connectivity index (χ0n) is 10.0. The van der Waals surface area contributed by atoms with Crippen LogP contribution in [0.3, 0.4) is 0 Å². The van der Waals surface area contributed by atoms with Crippen LogP contribution in [0, 0.1) is 0 Å². The van der Waals surface area contributed by atoms with Crippen LogP contribution in [0.15, 0.2) is 12.1 Å². The van der Waals surface area contributed by atoms with Gasteiger partial charge in [-0.3, -0.25) is 0 Å². The third-order valence-corrected chi connectivity index (χ3v) is 2.20. The molecule has 0 aliphatic carbocycles. The van der Waals surface area contributed by atoms with E-state index < -0.39 is 12.1 Å². The maximum absolute atomic E-state index is 11.1. The van der Waals surface area contributed by atoms with Crippen molar-refractivity contribution in [3.05, 3.63) is 17.8 Å². The Labute approximate surface area is 100 Å². The predicted octanol–water partition coefficient (Wildman–Crippen LogP) is 0.836. The van der Waals surface area contributed by atoms with Crippen molar-refractivity contribution in [2.24, 2.45) is 0 Å². The zero-order valence-corrected chi connectivity index (χ0v) is 10.0. The Morgan fingerprint density at radius 2 is 2.29 bits per heavy atom. The molecule has 1 rings (SSSR count). The third-order valence-electron chi connectivity index (χ3n) is 2.20. The number of nitrogens with one attached hydrogen (secondary N) is 1. The first-order valence-electron chi connectivity index (χ1n) is 5.51. The Morgan fingerprint density at radius 3 is 2.82 bits per heavy atom. The van der Waals surface area contributed by atoms with Gasteiger partial charge in [0.25, 0.3) is 0 Å². The lowest BCUT2D eigenvalue weighted by Crippen LogP contribution is -2.20. The summed E-state index contributed by atoms with van der Waals surface area (Å²) in [6.07, 6.45) is 1.26. The summed E-state index contributed by atoms with van der Waals surface area (Å²) in [6.45, 7) is 2.42. The quantitative estimate of drug-likeness (QED) is 0.715. The first kappa shape index (κ1) is 13.4. The van der Waals surface area contributed by atoms with Gasteiger partial charge in [-0.05, 0) is 18.6 Å². The van der Waals surface area contributed by atoms with E-state index >= 15 is 0 Å². The summed E-state index contributed by atoms with van der Waals surface area (Å²) in [4.78, 5) is 11.1. The molecule has 1 aromatic rings. The number of aliphatic hydroxyl groups is 1. The molecule has 1 aromatic heterocycles. The summed E-state index contributed by atoms with van der Waals surface area (Å²) in [6, 6.07) is 3.14. The molecule has 94 valence electrons. The number of rotatable bonds is 6. The van der Waals surface area contributed by atoms with Crippen LogP contribution in [0.25, 0.3) is 0 Å². The topological polar surface area (TPSA) is 84.3 Å². The largest absolute Gasteiger partial charge is 0.464 e. The highest BCUT2D eigenvalue weighted by molar-refractivity contribution is 5.86. The molecule has 0 aliphatic rings. The lowest BCUT2D eigenvalue weighted by atomic mass is 10.2. The molecule has 6 nitrogen and oxygen atoms in total. The smallest absolute Gasteiger partial charge is 0.358 e. The van der Waals surface area contributed by atoms with E-state index in [1.54, 1.807) is 6.07 Å². The fourth-order valence-corrected chi connectivity index (χ4v) is 1.30. The summed E-state index contributed by atoms with van der Waals surface area (Å²) < 4.78 is 4.50. The summed E-state index contributed by atoms with van der Waals surface area (Å²) in [5, 5.41) is 20.0. The van der Waals surface area contributed by atoms with E-state index in [1.807, 2.05) is 6.92 Å². The highest BCUT2D eigenvalue weighted by atomic mass is 16.5. The van der Waals surface area contributed by atoms with Gasteiger partial charge in [-0.25, -0.2) is 4.79 Å². The van der Waals surface area contributed by atoms with Crippen LogP contribution in [0.4, 0.5) is 5.82 Å². The first-order chi connectivity index (χ1) is 8.17. The zero-order chi connectivity index (χ0) is 12.7. The van der Waals surface area contributed by atoms with Crippen LogP contribution in [0.1, 0.15) is 30.3 Å². The number of methoxy groups -OCH3 is 1. The van der Waals surface area contributed by atoms with Gasteiger partial charge in [-0.15, -0.1) is 10.2 Å². The Hall–Kier alpha value is -1.69. The summed E-state index contributed by atoms with van der Waals surface area (Å²) in [5.74, 6) is 0.00266. The van der Waals surface area contributed by atoms with Gasteiger partial charge < -0.3 is 15.2 Å². The average molecular weight is 239 g/mol. The molecule has 0 amide bonds. The molecule has 1 unspecified atom stereocenters. The second-order valence-corrected chi connectivity index (χ2v) is 3.62. The van der Waals surface area contributed by atoms with Crippen molar-refractivity contribution in [3.8, 4) is 0 Å². The van der Waals surface area contributed by atoms with Gasteiger partial charge in [0.1, 0.15) is 5.82 Å². The highest BCUT2D eigenvalue weighted by Crippen LogP contribution is 2.04. The van der Waals surface area contributed by atoms with Crippen LogP contribution in [-0.2, 0) is 4.74 Å². The van der Waals surface area contributed by atoms with E-state index in [0.717, 1.165) is 12.8 Å². The minimum atomic E-state index is -0.518. The number of aliphatic hydroxyl groups excluding tert-OH is 1. The van der Waals surface area contributed by atoms with Gasteiger partial charge >= 0.3 is 5.97 Å². The number of esters is 1. The molecule has 2 N–H and O–H groups in total. The monoisotopic (exact) mass is 239 g/mol.